The number of anilines is 1. The third kappa shape index (κ3) is 5.66. The highest BCUT2D eigenvalue weighted by Crippen LogP contribution is 2.24. The number of guanidine groups is 1. The van der Waals surface area contributed by atoms with Crippen LogP contribution in [0, 0.1) is 11.6 Å². The Bertz CT molecular complexity index is 803. The highest BCUT2D eigenvalue weighted by atomic mass is 127. The number of halogens is 3. The SMILES string of the molecule is CN=C(NCc1ccc(OC)nc1)NC1CCN(c2ccc(F)cc2F)C1.I. The van der Waals surface area contributed by atoms with Gasteiger partial charge in [-0.25, -0.2) is 13.8 Å². The standard InChI is InChI=1S/C19H23F2N5O.HI/c1-22-19(24-11-13-3-6-18(27-2)23-10-13)25-15-7-8-26(12-15)17-5-4-14(20)9-16(17)21;/h3-6,9-10,15H,7-8,11-12H2,1-2H3,(H2,22,24,25);1H. The van der Waals surface area contributed by atoms with Crippen LogP contribution < -0.4 is 20.3 Å². The molecule has 1 aliphatic rings. The molecule has 0 aliphatic carbocycles. The Morgan fingerprint density at radius 2 is 2.14 bits per heavy atom. The second-order valence-corrected chi connectivity index (χ2v) is 6.31. The summed E-state index contributed by atoms with van der Waals surface area (Å²) in [5.41, 5.74) is 1.42. The minimum Gasteiger partial charge on any atom is -0.481 e. The predicted octanol–water partition coefficient (Wildman–Crippen LogP) is 2.93. The van der Waals surface area contributed by atoms with Crippen molar-refractivity contribution in [3.63, 3.8) is 0 Å². The van der Waals surface area contributed by atoms with E-state index >= 15 is 0 Å². The van der Waals surface area contributed by atoms with Crippen LogP contribution in [0.3, 0.4) is 0 Å². The summed E-state index contributed by atoms with van der Waals surface area (Å²) >= 11 is 0. The number of nitrogens with one attached hydrogen (secondary N) is 2. The largest absolute Gasteiger partial charge is 0.481 e. The Balaban J connectivity index is 0.00000280. The summed E-state index contributed by atoms with van der Waals surface area (Å²) in [7, 11) is 3.28. The van der Waals surface area contributed by atoms with Crippen molar-refractivity contribution >= 4 is 35.6 Å². The first-order valence-electron chi connectivity index (χ1n) is 8.75. The Morgan fingerprint density at radius 1 is 1.32 bits per heavy atom. The van der Waals surface area contributed by atoms with E-state index in [1.165, 1.54) is 12.1 Å². The van der Waals surface area contributed by atoms with E-state index in [-0.39, 0.29) is 30.0 Å². The van der Waals surface area contributed by atoms with Crippen molar-refractivity contribution in [2.24, 2.45) is 4.99 Å². The van der Waals surface area contributed by atoms with Gasteiger partial charge in [-0.15, -0.1) is 24.0 Å². The quantitative estimate of drug-likeness (QED) is 0.374. The van der Waals surface area contributed by atoms with E-state index in [0.717, 1.165) is 18.1 Å². The van der Waals surface area contributed by atoms with Gasteiger partial charge in [-0.2, -0.15) is 0 Å². The van der Waals surface area contributed by atoms with Gasteiger partial charge in [0.2, 0.25) is 5.88 Å². The van der Waals surface area contributed by atoms with Crippen LogP contribution in [0.2, 0.25) is 0 Å². The molecule has 28 heavy (non-hydrogen) atoms. The molecule has 3 rings (SSSR count). The van der Waals surface area contributed by atoms with Gasteiger partial charge in [-0.05, 0) is 24.1 Å². The van der Waals surface area contributed by atoms with Crippen molar-refractivity contribution < 1.29 is 13.5 Å². The van der Waals surface area contributed by atoms with E-state index in [0.29, 0.717) is 37.2 Å². The summed E-state index contributed by atoms with van der Waals surface area (Å²) in [5, 5.41) is 6.58. The third-order valence-corrected chi connectivity index (χ3v) is 4.47. The maximum Gasteiger partial charge on any atom is 0.212 e. The van der Waals surface area contributed by atoms with Gasteiger partial charge in [0.15, 0.2) is 5.96 Å². The summed E-state index contributed by atoms with van der Waals surface area (Å²) in [6.45, 7) is 1.88. The molecule has 2 N–H and O–H groups in total. The second kappa shape index (κ2) is 10.4. The van der Waals surface area contributed by atoms with Crippen molar-refractivity contribution in [3.05, 3.63) is 53.7 Å². The topological polar surface area (TPSA) is 61.8 Å². The fraction of sp³-hybridized carbons (Fsp3) is 0.368. The molecule has 0 amide bonds. The summed E-state index contributed by atoms with van der Waals surface area (Å²) in [4.78, 5) is 10.3. The monoisotopic (exact) mass is 503 g/mol. The molecular formula is C19H24F2IN5O. The lowest BCUT2D eigenvalue weighted by atomic mass is 10.2. The first-order valence-corrected chi connectivity index (χ1v) is 8.75. The zero-order valence-electron chi connectivity index (χ0n) is 15.8. The van der Waals surface area contributed by atoms with Crippen LogP contribution in [0.1, 0.15) is 12.0 Å². The molecule has 9 heteroatoms. The predicted molar refractivity (Wildman–Crippen MR) is 117 cm³/mol. The molecule has 1 fully saturated rings. The molecule has 0 spiro atoms. The number of nitrogens with zero attached hydrogens (tertiary/aromatic N) is 3. The smallest absolute Gasteiger partial charge is 0.212 e. The lowest BCUT2D eigenvalue weighted by Crippen LogP contribution is -2.44. The van der Waals surface area contributed by atoms with E-state index in [1.807, 2.05) is 11.0 Å². The molecule has 0 radical (unpaired) electrons. The molecule has 2 aromatic rings. The highest BCUT2D eigenvalue weighted by molar-refractivity contribution is 14.0. The average Bonchev–Trinajstić information content (AvgIpc) is 3.13. The van der Waals surface area contributed by atoms with Crippen molar-refractivity contribution in [1.82, 2.24) is 15.6 Å². The summed E-state index contributed by atoms with van der Waals surface area (Å²) in [5.74, 6) is 0.130. The second-order valence-electron chi connectivity index (χ2n) is 6.31. The number of aliphatic imine (C=N–C) groups is 1. The molecule has 1 unspecified atom stereocenters. The molecule has 1 atom stereocenters. The molecule has 2 heterocycles. The van der Waals surface area contributed by atoms with E-state index < -0.39 is 11.6 Å². The van der Waals surface area contributed by atoms with E-state index in [4.69, 9.17) is 4.74 Å². The summed E-state index contributed by atoms with van der Waals surface area (Å²) in [6, 6.07) is 7.54. The maximum absolute atomic E-state index is 14.0. The van der Waals surface area contributed by atoms with E-state index in [2.05, 4.69) is 20.6 Å². The van der Waals surface area contributed by atoms with Crippen LogP contribution in [0.4, 0.5) is 14.5 Å². The van der Waals surface area contributed by atoms with Crippen LogP contribution in [0.5, 0.6) is 5.88 Å². The van der Waals surface area contributed by atoms with Crippen LogP contribution in [0.25, 0.3) is 0 Å². The summed E-state index contributed by atoms with van der Waals surface area (Å²) in [6.07, 6.45) is 2.58. The van der Waals surface area contributed by atoms with E-state index in [9.17, 15) is 8.78 Å². The van der Waals surface area contributed by atoms with Crippen LogP contribution in [0.15, 0.2) is 41.5 Å². The number of benzene rings is 1. The van der Waals surface area contributed by atoms with Gasteiger partial charge in [0.1, 0.15) is 11.6 Å². The molecule has 0 saturated carbocycles. The number of hydrogen-bond acceptors (Lipinski definition) is 4. The summed E-state index contributed by atoms with van der Waals surface area (Å²) < 4.78 is 32.1. The first-order chi connectivity index (χ1) is 13.1. The van der Waals surface area contributed by atoms with Crippen LogP contribution >= 0.6 is 24.0 Å². The van der Waals surface area contributed by atoms with Gasteiger partial charge in [0, 0.05) is 51.1 Å². The lowest BCUT2D eigenvalue weighted by molar-refractivity contribution is 0.397. The number of aromatic nitrogens is 1. The molecule has 1 aromatic carbocycles. The Kier molecular flexibility index (Phi) is 8.21. The van der Waals surface area contributed by atoms with Crippen molar-refractivity contribution in [3.8, 4) is 5.88 Å². The van der Waals surface area contributed by atoms with Crippen molar-refractivity contribution in [2.75, 3.05) is 32.1 Å². The maximum atomic E-state index is 14.0. The fourth-order valence-electron chi connectivity index (χ4n) is 3.04. The van der Waals surface area contributed by atoms with Gasteiger partial charge in [0.25, 0.3) is 0 Å². The molecule has 1 aliphatic heterocycles. The normalized spacial score (nSPS) is 16.5. The van der Waals surface area contributed by atoms with Gasteiger partial charge < -0.3 is 20.3 Å². The van der Waals surface area contributed by atoms with Gasteiger partial charge >= 0.3 is 0 Å². The Hall–Kier alpha value is -2.17. The van der Waals surface area contributed by atoms with Gasteiger partial charge in [0.05, 0.1) is 12.8 Å². The highest BCUT2D eigenvalue weighted by Gasteiger charge is 2.25. The number of rotatable bonds is 5. The Labute approximate surface area is 180 Å². The first kappa shape index (κ1) is 22.1. The zero-order valence-corrected chi connectivity index (χ0v) is 18.1. The van der Waals surface area contributed by atoms with Gasteiger partial charge in [-0.1, -0.05) is 6.07 Å². The average molecular weight is 503 g/mol. The lowest BCUT2D eigenvalue weighted by Gasteiger charge is -2.21. The molecule has 0 bridgehead atoms. The fourth-order valence-corrected chi connectivity index (χ4v) is 3.04. The van der Waals surface area contributed by atoms with E-state index in [1.54, 1.807) is 26.4 Å². The number of methoxy groups -OCH3 is 1. The molecule has 6 nitrogen and oxygen atoms in total. The minimum atomic E-state index is -0.567. The Morgan fingerprint density at radius 3 is 2.79 bits per heavy atom. The molecule has 1 aromatic heterocycles. The van der Waals surface area contributed by atoms with Crippen LogP contribution in [-0.4, -0.2) is 44.2 Å². The number of ether oxygens (including phenoxy) is 1. The van der Waals surface area contributed by atoms with Gasteiger partial charge in [-0.3, -0.25) is 4.99 Å². The van der Waals surface area contributed by atoms with Crippen LogP contribution in [-0.2, 0) is 6.54 Å². The van der Waals surface area contributed by atoms with Crippen molar-refractivity contribution in [1.29, 1.82) is 0 Å². The molecular weight excluding hydrogens is 479 g/mol. The zero-order chi connectivity index (χ0) is 19.2. The number of hydrogen-bond donors (Lipinski definition) is 2. The minimum absolute atomic E-state index is 0. The molecule has 1 saturated heterocycles. The molecule has 152 valence electrons. The third-order valence-electron chi connectivity index (χ3n) is 4.47. The van der Waals surface area contributed by atoms with Crippen molar-refractivity contribution in [2.45, 2.75) is 19.0 Å². The number of pyridine rings is 1.